The zero-order valence-electron chi connectivity index (χ0n) is 19.0. The molecule has 3 unspecified atom stereocenters. The van der Waals surface area contributed by atoms with Crippen LogP contribution >= 0.6 is 0 Å². The molecule has 0 aromatic heterocycles. The van der Waals surface area contributed by atoms with Crippen LogP contribution in [0, 0.1) is 29.6 Å². The second-order valence-electron chi connectivity index (χ2n) is 9.99. The van der Waals surface area contributed by atoms with Crippen molar-refractivity contribution in [2.45, 2.75) is 111 Å². The Morgan fingerprint density at radius 1 is 0.935 bits per heavy atom. The Balaban J connectivity index is 0.00000341. The molecule has 3 atom stereocenters. The first kappa shape index (κ1) is 26.0. The monoisotopic (exact) mass is 434 g/mol. The lowest BCUT2D eigenvalue weighted by Gasteiger charge is -2.33. The molecule has 4 nitrogen and oxygen atoms in total. The van der Waals surface area contributed by atoms with Gasteiger partial charge in [0, 0.05) is 12.0 Å². The van der Waals surface area contributed by atoms with Gasteiger partial charge < -0.3 is 14.9 Å². The molecule has 3 saturated carbocycles. The van der Waals surface area contributed by atoms with Crippen molar-refractivity contribution in [2.75, 3.05) is 0 Å². The molecule has 0 heterocycles. The maximum atomic E-state index is 11.2. The minimum absolute atomic E-state index is 0. The summed E-state index contributed by atoms with van der Waals surface area (Å²) < 4.78 is 5.36. The fourth-order valence-corrected chi connectivity index (χ4v) is 6.16. The van der Waals surface area contributed by atoms with Gasteiger partial charge in [-0.05, 0) is 81.1 Å². The molecule has 2 N–H and O–H groups in total. The number of rotatable bonds is 10. The third kappa shape index (κ3) is 6.84. The number of aliphatic hydroxyl groups is 2. The quantitative estimate of drug-likeness (QED) is 0.219. The van der Waals surface area contributed by atoms with Crippen LogP contribution in [0.4, 0.5) is 0 Å². The average Bonchev–Trinajstić information content (AvgIpc) is 3.61. The summed E-state index contributed by atoms with van der Waals surface area (Å²) in [5.74, 6) is 2.42. The highest BCUT2D eigenvalue weighted by atomic mass is 16.5. The van der Waals surface area contributed by atoms with Crippen molar-refractivity contribution < 1.29 is 19.7 Å². The Kier molecular flexibility index (Phi) is 10.6. The van der Waals surface area contributed by atoms with E-state index in [0.717, 1.165) is 31.3 Å². The van der Waals surface area contributed by atoms with Crippen LogP contribution in [0.1, 0.15) is 105 Å². The van der Waals surface area contributed by atoms with Crippen molar-refractivity contribution in [3.63, 3.8) is 0 Å². The Bertz CT molecular complexity index is 607. The Morgan fingerprint density at radius 2 is 1.45 bits per heavy atom. The van der Waals surface area contributed by atoms with Crippen LogP contribution in [0.3, 0.4) is 0 Å². The highest BCUT2D eigenvalue weighted by molar-refractivity contribution is 5.41. The molecule has 31 heavy (non-hydrogen) atoms. The van der Waals surface area contributed by atoms with Crippen molar-refractivity contribution in [2.24, 2.45) is 29.6 Å². The van der Waals surface area contributed by atoms with Crippen LogP contribution in [0.25, 0.3) is 0 Å². The van der Waals surface area contributed by atoms with E-state index >= 15 is 0 Å². The number of carbonyl (C=O) groups excluding carboxylic acids is 1. The molecule has 0 amide bonds. The van der Waals surface area contributed by atoms with E-state index in [-0.39, 0.29) is 25.0 Å². The van der Waals surface area contributed by atoms with E-state index in [0.29, 0.717) is 36.4 Å². The molecule has 4 heteroatoms. The number of ether oxygens (including phenoxy) is 1. The van der Waals surface area contributed by atoms with Crippen LogP contribution in [-0.2, 0) is 9.53 Å². The first-order chi connectivity index (χ1) is 14.6. The molecule has 0 saturated heterocycles. The number of hydrogen-bond donors (Lipinski definition) is 2. The van der Waals surface area contributed by atoms with Crippen molar-refractivity contribution in [1.82, 2.24) is 0 Å². The molecule has 0 spiro atoms. The lowest BCUT2D eigenvalue weighted by atomic mass is 9.74. The highest BCUT2D eigenvalue weighted by Crippen LogP contribution is 2.48. The standard InChI is InChI=1S/C26H42O4.CH4/c1-3-22(26(29)21-12-8-5-9-13-21)24(30-17-27)16-23(28)18(2)25(20-14-15-20)19-10-6-4-7-11-19;/h16-17,19-22,25-26,28-29H,3-15H2,1-2H3;1H4/b23-18-,24-16-;. The molecule has 3 rings (SSSR count). The molecule has 0 aromatic carbocycles. The van der Waals surface area contributed by atoms with Crippen molar-refractivity contribution in [1.29, 1.82) is 0 Å². The summed E-state index contributed by atoms with van der Waals surface area (Å²) in [7, 11) is 0. The lowest BCUT2D eigenvalue weighted by Crippen LogP contribution is -2.32. The molecule has 0 radical (unpaired) electrons. The van der Waals surface area contributed by atoms with Gasteiger partial charge in [-0.25, -0.2) is 0 Å². The van der Waals surface area contributed by atoms with Gasteiger partial charge in [0.15, 0.2) is 0 Å². The molecular weight excluding hydrogens is 388 g/mol. The van der Waals surface area contributed by atoms with Crippen LogP contribution < -0.4 is 0 Å². The molecule has 3 aliphatic carbocycles. The van der Waals surface area contributed by atoms with Gasteiger partial charge in [-0.1, -0.05) is 52.9 Å². The van der Waals surface area contributed by atoms with Crippen molar-refractivity contribution in [3.8, 4) is 0 Å². The highest BCUT2D eigenvalue weighted by Gasteiger charge is 2.39. The van der Waals surface area contributed by atoms with Gasteiger partial charge >= 0.3 is 0 Å². The van der Waals surface area contributed by atoms with Crippen LogP contribution in [0.5, 0.6) is 0 Å². The van der Waals surface area contributed by atoms with Crippen LogP contribution in [0.15, 0.2) is 23.2 Å². The van der Waals surface area contributed by atoms with Gasteiger partial charge in [0.1, 0.15) is 11.5 Å². The Labute approximate surface area is 190 Å². The van der Waals surface area contributed by atoms with E-state index < -0.39 is 6.10 Å². The second kappa shape index (κ2) is 12.7. The fourth-order valence-electron chi connectivity index (χ4n) is 6.16. The second-order valence-corrected chi connectivity index (χ2v) is 9.99. The van der Waals surface area contributed by atoms with Crippen molar-refractivity contribution in [3.05, 3.63) is 23.2 Å². The van der Waals surface area contributed by atoms with Crippen LogP contribution in [-0.4, -0.2) is 22.8 Å². The van der Waals surface area contributed by atoms with Crippen LogP contribution in [0.2, 0.25) is 0 Å². The minimum Gasteiger partial charge on any atom is -0.508 e. The molecule has 0 aromatic rings. The number of allylic oxidation sites excluding steroid dienone is 2. The zero-order chi connectivity index (χ0) is 21.5. The van der Waals surface area contributed by atoms with Gasteiger partial charge in [0.2, 0.25) is 0 Å². The van der Waals surface area contributed by atoms with Gasteiger partial charge in [0.05, 0.1) is 6.10 Å². The zero-order valence-corrected chi connectivity index (χ0v) is 19.0. The normalized spacial score (nSPS) is 25.1. The number of aliphatic hydroxyl groups excluding tert-OH is 2. The molecule has 178 valence electrons. The summed E-state index contributed by atoms with van der Waals surface area (Å²) >= 11 is 0. The van der Waals surface area contributed by atoms with Crippen molar-refractivity contribution >= 4 is 6.47 Å². The Hall–Kier alpha value is -1.29. The third-order valence-corrected chi connectivity index (χ3v) is 8.01. The summed E-state index contributed by atoms with van der Waals surface area (Å²) in [5, 5.41) is 22.1. The SMILES string of the molecule is C.CCC(/C(=C/C(O)=C(\C)C(C1CCCCC1)C1CC1)OC=O)C(O)C1CCCCC1. The van der Waals surface area contributed by atoms with E-state index in [1.54, 1.807) is 6.08 Å². The molecule has 3 aliphatic rings. The van der Waals surface area contributed by atoms with E-state index in [1.807, 2.05) is 6.92 Å². The molecule has 0 bridgehead atoms. The third-order valence-electron chi connectivity index (χ3n) is 8.01. The molecule has 0 aliphatic heterocycles. The maximum Gasteiger partial charge on any atom is 0.298 e. The molecule has 3 fully saturated rings. The smallest absolute Gasteiger partial charge is 0.298 e. The number of hydrogen-bond acceptors (Lipinski definition) is 4. The predicted molar refractivity (Wildman–Crippen MR) is 126 cm³/mol. The fraction of sp³-hybridized carbons (Fsp3) is 0.815. The maximum absolute atomic E-state index is 11.2. The van der Waals surface area contributed by atoms with Gasteiger partial charge in [0.25, 0.3) is 6.47 Å². The van der Waals surface area contributed by atoms with E-state index in [2.05, 4.69) is 6.92 Å². The summed E-state index contributed by atoms with van der Waals surface area (Å²) in [4.78, 5) is 11.2. The topological polar surface area (TPSA) is 66.8 Å². The molecular formula is C27H46O4. The minimum atomic E-state index is -0.535. The first-order valence-corrected chi connectivity index (χ1v) is 12.5. The van der Waals surface area contributed by atoms with E-state index in [9.17, 15) is 15.0 Å². The van der Waals surface area contributed by atoms with Gasteiger partial charge in [-0.3, -0.25) is 4.79 Å². The largest absolute Gasteiger partial charge is 0.508 e. The van der Waals surface area contributed by atoms with Gasteiger partial charge in [-0.2, -0.15) is 0 Å². The summed E-state index contributed by atoms with van der Waals surface area (Å²) in [6.45, 7) is 4.51. The summed E-state index contributed by atoms with van der Waals surface area (Å²) in [5.41, 5.74) is 1.04. The lowest BCUT2D eigenvalue weighted by molar-refractivity contribution is -0.126. The first-order valence-electron chi connectivity index (χ1n) is 12.5. The Morgan fingerprint density at radius 3 is 1.94 bits per heavy atom. The number of carbonyl (C=O) groups is 1. The average molecular weight is 435 g/mol. The van der Waals surface area contributed by atoms with E-state index in [4.69, 9.17) is 4.74 Å². The van der Waals surface area contributed by atoms with E-state index in [1.165, 1.54) is 51.4 Å². The summed E-state index contributed by atoms with van der Waals surface area (Å²) in [6, 6.07) is 0. The predicted octanol–water partition coefficient (Wildman–Crippen LogP) is 7.09. The van der Waals surface area contributed by atoms with Gasteiger partial charge in [-0.15, -0.1) is 0 Å². The summed E-state index contributed by atoms with van der Waals surface area (Å²) in [6.07, 6.45) is 16.3.